The number of fused-ring (bicyclic) bond motifs is 2. The van der Waals surface area contributed by atoms with E-state index in [-0.39, 0.29) is 10.9 Å². The van der Waals surface area contributed by atoms with Crippen molar-refractivity contribution in [2.45, 2.75) is 42.8 Å². The Balaban J connectivity index is 1.44. The predicted molar refractivity (Wildman–Crippen MR) is 119 cm³/mol. The summed E-state index contributed by atoms with van der Waals surface area (Å²) in [5, 5.41) is 11.2. The minimum absolute atomic E-state index is 0.204. The van der Waals surface area contributed by atoms with Crippen molar-refractivity contribution in [3.8, 4) is 11.5 Å². The third-order valence-electron chi connectivity index (χ3n) is 6.02. The molecule has 0 spiro atoms. The Labute approximate surface area is 182 Å². The van der Waals surface area contributed by atoms with Crippen LogP contribution in [0.5, 0.6) is 11.5 Å². The van der Waals surface area contributed by atoms with Crippen LogP contribution < -0.4 is 14.4 Å². The molecule has 0 saturated heterocycles. The first-order chi connectivity index (χ1) is 14.9. The van der Waals surface area contributed by atoms with Gasteiger partial charge in [0.25, 0.3) is 0 Å². The van der Waals surface area contributed by atoms with Crippen LogP contribution in [0.1, 0.15) is 18.4 Å². The van der Waals surface area contributed by atoms with Crippen LogP contribution in [0, 0.1) is 6.92 Å². The fourth-order valence-corrected chi connectivity index (χ4v) is 5.73. The highest BCUT2D eigenvalue weighted by atomic mass is 32.2. The summed E-state index contributed by atoms with van der Waals surface area (Å²) < 4.78 is 34.5. The Kier molecular flexibility index (Phi) is 4.97. The maximum absolute atomic E-state index is 12.9. The standard InChI is InChI=1S/C24H24N2O4S/c1-16-10-12-17(13-11-16)31(28,29)25-18-14-15-21(24(18)27)26-19-6-2-4-8-22(19)30-23-9-5-3-7-20(23)26/h2-13,18,21,24-25,27H,14-15H2,1H3/t18-,21+,24+/m1/s1. The fourth-order valence-electron chi connectivity index (χ4n) is 4.45. The zero-order chi connectivity index (χ0) is 21.6. The molecule has 0 amide bonds. The molecule has 160 valence electrons. The van der Waals surface area contributed by atoms with Gasteiger partial charge in [0.1, 0.15) is 0 Å². The maximum atomic E-state index is 12.9. The smallest absolute Gasteiger partial charge is 0.240 e. The molecule has 31 heavy (non-hydrogen) atoms. The van der Waals surface area contributed by atoms with Crippen LogP contribution in [-0.2, 0) is 10.0 Å². The lowest BCUT2D eigenvalue weighted by molar-refractivity contribution is 0.142. The van der Waals surface area contributed by atoms with Gasteiger partial charge in [0, 0.05) is 0 Å². The van der Waals surface area contributed by atoms with Gasteiger partial charge in [-0.05, 0) is 56.2 Å². The number of hydrogen-bond acceptors (Lipinski definition) is 5. The van der Waals surface area contributed by atoms with Gasteiger partial charge in [-0.15, -0.1) is 0 Å². The molecule has 1 heterocycles. The van der Waals surface area contributed by atoms with Gasteiger partial charge in [0.05, 0.1) is 34.5 Å². The zero-order valence-corrected chi connectivity index (χ0v) is 17.9. The van der Waals surface area contributed by atoms with Gasteiger partial charge in [-0.2, -0.15) is 0 Å². The second-order valence-corrected chi connectivity index (χ2v) is 9.80. The Hall–Kier alpha value is -2.87. The van der Waals surface area contributed by atoms with Crippen LogP contribution in [0.4, 0.5) is 11.4 Å². The zero-order valence-electron chi connectivity index (χ0n) is 17.1. The molecule has 0 bridgehead atoms. The third kappa shape index (κ3) is 3.59. The van der Waals surface area contributed by atoms with Gasteiger partial charge in [-0.1, -0.05) is 42.0 Å². The number of aryl methyl sites for hydroxylation is 1. The summed E-state index contributed by atoms with van der Waals surface area (Å²) in [6.07, 6.45) is 0.309. The second-order valence-electron chi connectivity index (χ2n) is 8.08. The minimum Gasteiger partial charge on any atom is -0.453 e. The summed E-state index contributed by atoms with van der Waals surface area (Å²) in [7, 11) is -3.72. The highest BCUT2D eigenvalue weighted by molar-refractivity contribution is 7.89. The van der Waals surface area contributed by atoms with E-state index in [1.165, 1.54) is 0 Å². The summed E-state index contributed by atoms with van der Waals surface area (Å²) in [4.78, 5) is 2.29. The number of ether oxygens (including phenoxy) is 1. The molecular weight excluding hydrogens is 412 g/mol. The van der Waals surface area contributed by atoms with Crippen molar-refractivity contribution < 1.29 is 18.3 Å². The monoisotopic (exact) mass is 436 g/mol. The topological polar surface area (TPSA) is 78.9 Å². The van der Waals surface area contributed by atoms with Crippen LogP contribution in [0.3, 0.4) is 0 Å². The highest BCUT2D eigenvalue weighted by Crippen LogP contribution is 2.49. The lowest BCUT2D eigenvalue weighted by atomic mass is 10.1. The van der Waals surface area contributed by atoms with Crippen molar-refractivity contribution in [3.63, 3.8) is 0 Å². The SMILES string of the molecule is Cc1ccc(S(=O)(=O)N[C@@H]2CC[C@H](N3c4ccccc4Oc4ccccc43)[C@H]2O)cc1. The Morgan fingerprint density at radius 1 is 0.903 bits per heavy atom. The number of hydrogen-bond donors (Lipinski definition) is 2. The first kappa shape index (κ1) is 20.1. The average molecular weight is 437 g/mol. The van der Waals surface area contributed by atoms with E-state index >= 15 is 0 Å². The quantitative estimate of drug-likeness (QED) is 0.644. The molecule has 2 aliphatic rings. The molecule has 1 saturated carbocycles. The van der Waals surface area contributed by atoms with Crippen molar-refractivity contribution in [2.24, 2.45) is 0 Å². The Morgan fingerprint density at radius 2 is 1.48 bits per heavy atom. The molecule has 1 fully saturated rings. The van der Waals surface area contributed by atoms with Crippen molar-refractivity contribution in [2.75, 3.05) is 4.90 Å². The molecule has 3 aromatic rings. The van der Waals surface area contributed by atoms with E-state index in [0.717, 1.165) is 28.4 Å². The van der Waals surface area contributed by atoms with Crippen LogP contribution in [0.2, 0.25) is 0 Å². The predicted octanol–water partition coefficient (Wildman–Crippen LogP) is 4.11. The third-order valence-corrected chi connectivity index (χ3v) is 7.52. The van der Waals surface area contributed by atoms with E-state index in [0.29, 0.717) is 12.8 Å². The highest BCUT2D eigenvalue weighted by Gasteiger charge is 2.43. The van der Waals surface area contributed by atoms with Crippen molar-refractivity contribution in [1.82, 2.24) is 4.72 Å². The number of aliphatic hydroxyl groups excluding tert-OH is 1. The van der Waals surface area contributed by atoms with Gasteiger partial charge in [0.2, 0.25) is 10.0 Å². The molecule has 3 atom stereocenters. The number of benzene rings is 3. The van der Waals surface area contributed by atoms with Crippen LogP contribution in [0.25, 0.3) is 0 Å². The fraction of sp³-hybridized carbons (Fsp3) is 0.250. The minimum atomic E-state index is -3.72. The Morgan fingerprint density at radius 3 is 2.10 bits per heavy atom. The Bertz CT molecular complexity index is 1160. The molecule has 0 unspecified atom stereocenters. The molecule has 3 aromatic carbocycles. The number of para-hydroxylation sites is 4. The number of nitrogens with one attached hydrogen (secondary N) is 1. The number of anilines is 2. The van der Waals surface area contributed by atoms with Crippen LogP contribution in [-0.4, -0.2) is 31.7 Å². The molecule has 6 nitrogen and oxygen atoms in total. The van der Waals surface area contributed by atoms with E-state index < -0.39 is 22.2 Å². The normalized spacial score (nSPS) is 22.5. The molecule has 0 radical (unpaired) electrons. The molecule has 0 aromatic heterocycles. The average Bonchev–Trinajstić information content (AvgIpc) is 3.11. The summed E-state index contributed by atoms with van der Waals surface area (Å²) >= 11 is 0. The summed E-state index contributed by atoms with van der Waals surface area (Å²) in [6, 6.07) is 21.3. The number of rotatable bonds is 4. The molecule has 1 aliphatic carbocycles. The van der Waals surface area contributed by atoms with Gasteiger partial charge in [-0.3, -0.25) is 0 Å². The number of aliphatic hydroxyl groups is 1. The van der Waals surface area contributed by atoms with Crippen LogP contribution in [0.15, 0.2) is 77.7 Å². The van der Waals surface area contributed by atoms with E-state index in [1.807, 2.05) is 55.5 Å². The molecule has 1 aliphatic heterocycles. The van der Waals surface area contributed by atoms with E-state index in [9.17, 15) is 13.5 Å². The van der Waals surface area contributed by atoms with E-state index in [1.54, 1.807) is 24.3 Å². The van der Waals surface area contributed by atoms with Gasteiger partial charge < -0.3 is 14.7 Å². The number of nitrogens with zero attached hydrogens (tertiary/aromatic N) is 1. The van der Waals surface area contributed by atoms with Crippen molar-refractivity contribution in [3.05, 3.63) is 78.4 Å². The lowest BCUT2D eigenvalue weighted by Gasteiger charge is -2.38. The van der Waals surface area contributed by atoms with Gasteiger partial charge >= 0.3 is 0 Å². The molecule has 2 N–H and O–H groups in total. The molecule has 5 rings (SSSR count). The van der Waals surface area contributed by atoms with Crippen molar-refractivity contribution >= 4 is 21.4 Å². The van der Waals surface area contributed by atoms with E-state index in [4.69, 9.17) is 4.74 Å². The maximum Gasteiger partial charge on any atom is 0.240 e. The molecule has 7 heteroatoms. The van der Waals surface area contributed by atoms with Crippen LogP contribution >= 0.6 is 0 Å². The molecular formula is C24H24N2O4S. The summed E-state index contributed by atoms with van der Waals surface area (Å²) in [6.45, 7) is 1.91. The van der Waals surface area contributed by atoms with Gasteiger partial charge in [-0.25, -0.2) is 13.1 Å². The largest absolute Gasteiger partial charge is 0.453 e. The number of sulfonamides is 1. The first-order valence-electron chi connectivity index (χ1n) is 10.4. The van der Waals surface area contributed by atoms with E-state index in [2.05, 4.69) is 9.62 Å². The second kappa shape index (κ2) is 7.67. The lowest BCUT2D eigenvalue weighted by Crippen LogP contribution is -2.47. The first-order valence-corrected chi connectivity index (χ1v) is 11.8. The van der Waals surface area contributed by atoms with Crippen molar-refractivity contribution in [1.29, 1.82) is 0 Å². The summed E-state index contributed by atoms with van der Waals surface area (Å²) in [5.41, 5.74) is 2.73. The van der Waals surface area contributed by atoms with Gasteiger partial charge in [0.15, 0.2) is 11.5 Å². The summed E-state index contributed by atoms with van der Waals surface area (Å²) in [5.74, 6) is 1.44.